The van der Waals surface area contributed by atoms with E-state index in [1.165, 1.54) is 0 Å². The van der Waals surface area contributed by atoms with Crippen LogP contribution in [0.4, 0.5) is 0 Å². The molecule has 138 valence electrons. The van der Waals surface area contributed by atoms with Gasteiger partial charge in [0.2, 0.25) is 5.91 Å². The molecule has 0 fully saturated rings. The van der Waals surface area contributed by atoms with Crippen LogP contribution in [-0.2, 0) is 0 Å². The lowest BCUT2D eigenvalue weighted by molar-refractivity contribution is 0.100. The molecule has 2 heterocycles. The Bertz CT molecular complexity index is 1030. The molecule has 0 aliphatic carbocycles. The number of allylic oxidation sites excluding steroid dienone is 1. The lowest BCUT2D eigenvalue weighted by Crippen LogP contribution is -2.10. The Hall–Kier alpha value is -3.61. The molecule has 7 nitrogen and oxygen atoms in total. The van der Waals surface area contributed by atoms with Crippen LogP contribution in [0.25, 0.3) is 22.2 Å². The maximum Gasteiger partial charge on any atom is 0.248 e. The van der Waals surface area contributed by atoms with Crippen molar-refractivity contribution in [1.82, 2.24) is 14.9 Å². The van der Waals surface area contributed by atoms with Crippen molar-refractivity contribution >= 4 is 23.2 Å². The summed E-state index contributed by atoms with van der Waals surface area (Å²) in [5, 5.41) is 7.50. The van der Waals surface area contributed by atoms with Crippen molar-refractivity contribution in [3.63, 3.8) is 0 Å². The number of nitrogens with zero attached hydrogens (tertiary/aromatic N) is 3. The third-order valence-electron chi connectivity index (χ3n) is 4.18. The number of nitrogens with one attached hydrogen (secondary N) is 1. The number of pyridine rings is 1. The Morgan fingerprint density at radius 3 is 2.63 bits per heavy atom. The van der Waals surface area contributed by atoms with Crippen LogP contribution in [0.2, 0.25) is 0 Å². The average Bonchev–Trinajstić information content (AvgIpc) is 3.11. The van der Waals surface area contributed by atoms with E-state index in [4.69, 9.17) is 10.5 Å². The zero-order chi connectivity index (χ0) is 19.4. The summed E-state index contributed by atoms with van der Waals surface area (Å²) in [6.45, 7) is 0. The first-order valence-electron chi connectivity index (χ1n) is 8.34. The fourth-order valence-corrected chi connectivity index (χ4v) is 2.91. The SMILES string of the molecule is CN=C/C(=C\NC)c1cc(OC)c2c(-c3ccc(C(N)=O)cc3)cnn2c1. The molecule has 0 atom stereocenters. The molecule has 2 aromatic heterocycles. The van der Waals surface area contributed by atoms with Gasteiger partial charge in [0, 0.05) is 55.0 Å². The molecule has 0 spiro atoms. The van der Waals surface area contributed by atoms with E-state index >= 15 is 0 Å². The van der Waals surface area contributed by atoms with E-state index < -0.39 is 5.91 Å². The van der Waals surface area contributed by atoms with E-state index in [9.17, 15) is 4.79 Å². The van der Waals surface area contributed by atoms with Crippen LogP contribution in [0.1, 0.15) is 15.9 Å². The predicted molar refractivity (Wildman–Crippen MR) is 107 cm³/mol. The highest BCUT2D eigenvalue weighted by atomic mass is 16.5. The molecular formula is C20H21N5O2. The van der Waals surface area contributed by atoms with E-state index in [-0.39, 0.29) is 0 Å². The van der Waals surface area contributed by atoms with Crippen LogP contribution in [0.5, 0.6) is 5.75 Å². The quantitative estimate of drug-likeness (QED) is 0.658. The largest absolute Gasteiger partial charge is 0.494 e. The highest BCUT2D eigenvalue weighted by Crippen LogP contribution is 2.33. The number of rotatable bonds is 6. The number of aliphatic imine (C=N–C) groups is 1. The normalized spacial score (nSPS) is 11.9. The Labute approximate surface area is 157 Å². The molecule has 0 saturated heterocycles. The van der Waals surface area contributed by atoms with Crippen molar-refractivity contribution in [2.75, 3.05) is 21.2 Å². The molecule has 0 aliphatic heterocycles. The van der Waals surface area contributed by atoms with Crippen molar-refractivity contribution in [2.24, 2.45) is 10.7 Å². The number of carbonyl (C=O) groups is 1. The molecule has 3 rings (SSSR count). The molecule has 0 radical (unpaired) electrons. The first kappa shape index (κ1) is 18.2. The van der Waals surface area contributed by atoms with Crippen molar-refractivity contribution in [1.29, 1.82) is 0 Å². The summed E-state index contributed by atoms with van der Waals surface area (Å²) in [6.07, 6.45) is 7.32. The van der Waals surface area contributed by atoms with Crippen LogP contribution in [0.15, 0.2) is 53.9 Å². The second-order valence-electron chi connectivity index (χ2n) is 5.87. The van der Waals surface area contributed by atoms with Gasteiger partial charge in [0.05, 0.1) is 13.3 Å². The fraction of sp³-hybridized carbons (Fsp3) is 0.150. The second-order valence-corrected chi connectivity index (χ2v) is 5.87. The number of fused-ring (bicyclic) bond motifs is 1. The van der Waals surface area contributed by atoms with Crippen molar-refractivity contribution in [3.8, 4) is 16.9 Å². The van der Waals surface area contributed by atoms with Gasteiger partial charge < -0.3 is 15.8 Å². The molecule has 0 aliphatic rings. The van der Waals surface area contributed by atoms with Gasteiger partial charge >= 0.3 is 0 Å². The summed E-state index contributed by atoms with van der Waals surface area (Å²) in [5.41, 5.74) is 10.3. The van der Waals surface area contributed by atoms with Gasteiger partial charge in [0.15, 0.2) is 0 Å². The molecule has 27 heavy (non-hydrogen) atoms. The van der Waals surface area contributed by atoms with Crippen molar-refractivity contribution in [3.05, 3.63) is 60.1 Å². The Kier molecular flexibility index (Phi) is 5.21. The maximum atomic E-state index is 11.3. The number of carbonyl (C=O) groups excluding carboxylic acids is 1. The molecule has 0 saturated carbocycles. The third kappa shape index (κ3) is 3.52. The fourth-order valence-electron chi connectivity index (χ4n) is 2.91. The van der Waals surface area contributed by atoms with Gasteiger partial charge in [0.25, 0.3) is 0 Å². The van der Waals surface area contributed by atoms with Crippen LogP contribution >= 0.6 is 0 Å². The predicted octanol–water partition coefficient (Wildman–Crippen LogP) is 2.37. The number of amides is 1. The highest BCUT2D eigenvalue weighted by molar-refractivity contribution is 6.10. The molecule has 7 heteroatoms. The summed E-state index contributed by atoms with van der Waals surface area (Å²) in [5.74, 6) is 0.232. The number of aromatic nitrogens is 2. The zero-order valence-corrected chi connectivity index (χ0v) is 15.4. The van der Waals surface area contributed by atoms with Gasteiger partial charge in [0.1, 0.15) is 11.3 Å². The maximum absolute atomic E-state index is 11.3. The summed E-state index contributed by atoms with van der Waals surface area (Å²) in [6, 6.07) is 9.05. The van der Waals surface area contributed by atoms with E-state index in [0.717, 1.165) is 27.8 Å². The van der Waals surface area contributed by atoms with Crippen LogP contribution in [-0.4, -0.2) is 42.9 Å². The minimum atomic E-state index is -0.454. The third-order valence-corrected chi connectivity index (χ3v) is 4.18. The van der Waals surface area contributed by atoms with Gasteiger partial charge in [-0.3, -0.25) is 9.79 Å². The van der Waals surface area contributed by atoms with Gasteiger partial charge in [-0.2, -0.15) is 5.10 Å². The minimum absolute atomic E-state index is 0.454. The Morgan fingerprint density at radius 1 is 1.30 bits per heavy atom. The highest BCUT2D eigenvalue weighted by Gasteiger charge is 2.15. The molecular weight excluding hydrogens is 342 g/mol. The smallest absolute Gasteiger partial charge is 0.248 e. The monoisotopic (exact) mass is 363 g/mol. The van der Waals surface area contributed by atoms with Gasteiger partial charge in [-0.05, 0) is 23.8 Å². The minimum Gasteiger partial charge on any atom is -0.494 e. The number of methoxy groups -OCH3 is 1. The summed E-state index contributed by atoms with van der Waals surface area (Å²) in [4.78, 5) is 15.4. The van der Waals surface area contributed by atoms with Gasteiger partial charge in [-0.15, -0.1) is 0 Å². The lowest BCUT2D eigenvalue weighted by Gasteiger charge is -2.10. The standard InChI is InChI=1S/C20H21N5O2/c1-22-9-16(10-23-2)15-8-18(27-3)19-17(11-24-25(19)12-15)13-4-6-14(7-5-13)20(21)26/h4-12,22H,1-3H3,(H2,21,26)/b16-9+,23-10?. The molecule has 1 amide bonds. The molecule has 3 aromatic rings. The van der Waals surface area contributed by atoms with Crippen LogP contribution in [0.3, 0.4) is 0 Å². The average molecular weight is 363 g/mol. The topological polar surface area (TPSA) is 94.0 Å². The molecule has 3 N–H and O–H groups in total. The zero-order valence-electron chi connectivity index (χ0n) is 15.4. The number of ether oxygens (including phenoxy) is 1. The van der Waals surface area contributed by atoms with E-state index in [1.807, 2.05) is 37.6 Å². The van der Waals surface area contributed by atoms with E-state index in [0.29, 0.717) is 11.3 Å². The Morgan fingerprint density at radius 2 is 2.04 bits per heavy atom. The van der Waals surface area contributed by atoms with Crippen molar-refractivity contribution < 1.29 is 9.53 Å². The van der Waals surface area contributed by atoms with Gasteiger partial charge in [-0.1, -0.05) is 12.1 Å². The Balaban J connectivity index is 2.15. The summed E-state index contributed by atoms with van der Waals surface area (Å²) >= 11 is 0. The number of benzene rings is 1. The first-order chi connectivity index (χ1) is 13.1. The lowest BCUT2D eigenvalue weighted by atomic mass is 10.0. The number of hydrogen-bond donors (Lipinski definition) is 2. The number of nitrogens with two attached hydrogens (primary N) is 1. The summed E-state index contributed by atoms with van der Waals surface area (Å²) in [7, 11) is 5.18. The first-order valence-corrected chi connectivity index (χ1v) is 8.34. The second kappa shape index (κ2) is 7.74. The summed E-state index contributed by atoms with van der Waals surface area (Å²) < 4.78 is 7.41. The molecule has 0 unspecified atom stereocenters. The number of hydrogen-bond acceptors (Lipinski definition) is 5. The van der Waals surface area contributed by atoms with Crippen LogP contribution < -0.4 is 15.8 Å². The van der Waals surface area contributed by atoms with Crippen LogP contribution in [0, 0.1) is 0 Å². The van der Waals surface area contributed by atoms with E-state index in [2.05, 4.69) is 15.4 Å². The number of primary amides is 1. The van der Waals surface area contributed by atoms with E-state index in [1.54, 1.807) is 43.2 Å². The van der Waals surface area contributed by atoms with Crippen molar-refractivity contribution in [2.45, 2.75) is 0 Å². The van der Waals surface area contributed by atoms with Gasteiger partial charge in [-0.25, -0.2) is 4.52 Å². The molecule has 1 aromatic carbocycles. The molecule has 0 bridgehead atoms.